The molecule has 0 spiro atoms. The van der Waals surface area contributed by atoms with E-state index < -0.39 is 28.8 Å². The molecule has 9 aliphatic rings. The number of hydrogen-bond acceptors (Lipinski definition) is 13. The highest BCUT2D eigenvalue weighted by Crippen LogP contribution is 2.56. The van der Waals surface area contributed by atoms with Crippen molar-refractivity contribution in [2.75, 3.05) is 31.9 Å². The molecule has 21 rings (SSSR count). The second-order valence-corrected chi connectivity index (χ2v) is 44.3. The third-order valence-corrected chi connectivity index (χ3v) is 29.4. The van der Waals surface area contributed by atoms with E-state index in [4.69, 9.17) is 4.98 Å². The molecule has 9 saturated carbocycles. The zero-order valence-corrected chi connectivity index (χ0v) is 82.8. The Morgan fingerprint density at radius 3 is 0.934 bits per heavy atom. The van der Waals surface area contributed by atoms with Crippen LogP contribution >= 0.6 is 0 Å². The van der Waals surface area contributed by atoms with Crippen molar-refractivity contribution in [3.05, 3.63) is 155 Å². The summed E-state index contributed by atoms with van der Waals surface area (Å²) in [6.07, 6.45) is 19.9. The number of amides is 5. The topological polar surface area (TPSA) is 285 Å². The van der Waals surface area contributed by atoms with Crippen LogP contribution in [-0.4, -0.2) is 109 Å². The molecule has 6 aromatic carbocycles. The lowest BCUT2D eigenvalue weighted by Gasteiger charge is -2.37. The van der Waals surface area contributed by atoms with Gasteiger partial charge in [-0.15, -0.1) is 0 Å². The third kappa shape index (κ3) is 21.7. The number of carbonyl (C=O) groups is 5. The fraction of sp³-hybridized carbons (Fsp3) is 0.546. The summed E-state index contributed by atoms with van der Waals surface area (Å²) in [5.74, 6) is 3.38. The lowest BCUT2D eigenvalue weighted by molar-refractivity contribution is -0.208. The molecule has 136 heavy (non-hydrogen) atoms. The van der Waals surface area contributed by atoms with Gasteiger partial charge in [-0.3, -0.25) is 50.6 Å². The lowest BCUT2D eigenvalue weighted by Crippen LogP contribution is -2.43. The Morgan fingerprint density at radius 2 is 0.691 bits per heavy atom. The number of fused-ring (bicyclic) bond motifs is 6. The molecular weight excluding hydrogens is 1720 g/mol. The highest BCUT2D eigenvalue weighted by Gasteiger charge is 2.54. The van der Waals surface area contributed by atoms with Crippen molar-refractivity contribution in [3.8, 4) is 0 Å². The first-order chi connectivity index (χ1) is 64.2. The Morgan fingerprint density at radius 1 is 0.419 bits per heavy atom. The number of carbonyl (C=O) groups excluding carboxylic acids is 5. The molecule has 0 aliphatic heterocycles. The van der Waals surface area contributed by atoms with Gasteiger partial charge in [0.05, 0.1) is 71.8 Å². The number of imidazole rings is 6. The molecule has 6 aromatic heterocycles. The van der Waals surface area contributed by atoms with Gasteiger partial charge >= 0.3 is 6.18 Å². The molecule has 0 radical (unpaired) electrons. The van der Waals surface area contributed by atoms with E-state index in [1.54, 1.807) is 20.8 Å². The van der Waals surface area contributed by atoms with E-state index in [9.17, 15) is 46.6 Å². The molecule has 0 unspecified atom stereocenters. The molecule has 5 amide bonds. The van der Waals surface area contributed by atoms with Crippen LogP contribution in [0.5, 0.6) is 0 Å². The van der Waals surface area contributed by atoms with Gasteiger partial charge in [-0.05, 0) is 346 Å². The predicted molar refractivity (Wildman–Crippen MR) is 535 cm³/mol. The minimum atomic E-state index is -4.62. The van der Waals surface area contributed by atoms with Gasteiger partial charge in [-0.25, -0.2) is 34.3 Å². The van der Waals surface area contributed by atoms with Gasteiger partial charge in [0.25, 0.3) is 0 Å². The van der Waals surface area contributed by atoms with Crippen LogP contribution < -0.4 is 31.9 Å². The number of nitrogens with one attached hydrogen (secondary N) is 6. The van der Waals surface area contributed by atoms with E-state index in [-0.39, 0.29) is 58.8 Å². The zero-order chi connectivity index (χ0) is 97.3. The Hall–Kier alpha value is -11.3. The van der Waals surface area contributed by atoms with Crippen molar-refractivity contribution in [3.63, 3.8) is 0 Å². The summed E-state index contributed by atoms with van der Waals surface area (Å²) in [4.78, 5) is 89.3. The van der Waals surface area contributed by atoms with E-state index in [1.807, 2.05) is 60.0 Å². The molecular formula is C108H140F4N18O6. The maximum atomic E-state index is 13.6. The molecule has 28 heteroatoms. The van der Waals surface area contributed by atoms with Crippen LogP contribution in [0.4, 0.5) is 53.3 Å². The number of hydrogen-bond donors (Lipinski definition) is 7. The fourth-order valence-electron chi connectivity index (χ4n) is 19.5. The Balaban J connectivity index is 0.000000118. The molecule has 7 N–H and O–H groups in total. The number of aryl methyl sites for hydroxylation is 6. The van der Waals surface area contributed by atoms with Crippen LogP contribution in [0.3, 0.4) is 0 Å². The van der Waals surface area contributed by atoms with Crippen LogP contribution in [-0.2, 0) is 24.0 Å². The highest BCUT2D eigenvalue weighted by atomic mass is 19.4. The van der Waals surface area contributed by atoms with E-state index >= 15 is 0 Å². The van der Waals surface area contributed by atoms with Crippen LogP contribution in [0.15, 0.2) is 121 Å². The lowest BCUT2D eigenvalue weighted by atomic mass is 9.73. The van der Waals surface area contributed by atoms with Gasteiger partial charge in [-0.1, -0.05) is 91.4 Å². The van der Waals surface area contributed by atoms with Gasteiger partial charge < -0.3 is 37.8 Å². The van der Waals surface area contributed by atoms with Gasteiger partial charge in [0.2, 0.25) is 65.2 Å². The minimum Gasteiger partial charge on any atom is -0.390 e. The first-order valence-corrected chi connectivity index (χ1v) is 49.6. The van der Waals surface area contributed by atoms with E-state index in [0.29, 0.717) is 102 Å². The van der Waals surface area contributed by atoms with Crippen molar-refractivity contribution in [2.24, 2.45) is 45.8 Å². The number of rotatable bonds is 21. The third-order valence-electron chi connectivity index (χ3n) is 29.4. The standard InChI is InChI=1S/C19H25N3O2.C19H25N3.C18H22FN3O.C18H25N3O.C17H20F3N3O.C17H23N3O/c1-11-7-8-15-16(9-11)22(12-5-4-6-12)18(20-15)21-17(23)13-10-14(13)19(2,3)24;1-12-8-9-16-17(10-12)22(14-6-5-7-14)18(21-16)20-13(2)15-11-19(15,3)4;1-11-6-7-14-15(8-11)22(13-4-3-5-13)17(20-14)21-16(23)12-9-18(2,19)10-12;1-12-8-9-14-15(10-12)21(13-6-5-7-13)17(19-14)20-16(22)11-18(2,3)4;1-10-7-8-12-13(9-10)23(11-5-4-6-11)15(21-12)22-14(24)16(2,3)17(18,19)20;1-11(2)9-16(21)19-17-18-14-8-7-12(3)10-15(14)20(17)13-5-4-6-13/h7-9,12-14,24H,4-6,10H2,1-3H3,(H,20,21,23);8-10,14-15H,2,5-7,11H2,1,3-4H3,(H,20,21);6-8,12-13H,3-5,9-10H2,1-2H3,(H,20,21,23);8-10,13H,5-7,11H2,1-4H3,(H,19,20,22);7-9,11H,4-6H2,1-3H3,(H,21,22,24);7-8,10-11,13H,4-6,9H2,1-3H3,(H,18,19,21)/t13-,14-;15-;;;;/m01..../s1. The number of alkyl halides is 4. The molecule has 6 heterocycles. The molecule has 24 nitrogen and oxygen atoms in total. The van der Waals surface area contributed by atoms with Crippen molar-refractivity contribution in [1.82, 2.24) is 57.3 Å². The van der Waals surface area contributed by atoms with Crippen LogP contribution in [0.2, 0.25) is 0 Å². The summed E-state index contributed by atoms with van der Waals surface area (Å²) in [7, 11) is 0. The van der Waals surface area contributed by atoms with Crippen LogP contribution in [0, 0.1) is 87.4 Å². The number of nitrogens with zero attached hydrogens (tertiary/aromatic N) is 12. The fourth-order valence-corrected chi connectivity index (χ4v) is 19.5. The molecule has 9 fully saturated rings. The van der Waals surface area contributed by atoms with Crippen molar-refractivity contribution in [2.45, 2.75) is 332 Å². The smallest absolute Gasteiger partial charge is 0.390 e. The predicted octanol–water partition coefficient (Wildman–Crippen LogP) is 25.7. The Bertz CT molecular complexity index is 6480. The maximum Gasteiger partial charge on any atom is 0.402 e. The number of anilines is 6. The average Bonchev–Trinajstić information content (AvgIpc) is 1.53. The largest absolute Gasteiger partial charge is 0.402 e. The van der Waals surface area contributed by atoms with Gasteiger partial charge in [0.15, 0.2) is 0 Å². The number of halogens is 4. The summed E-state index contributed by atoms with van der Waals surface area (Å²) in [6, 6.07) is 39.7. The molecule has 9 aliphatic carbocycles. The van der Waals surface area contributed by atoms with Crippen LogP contribution in [0.1, 0.15) is 307 Å². The van der Waals surface area contributed by atoms with Crippen molar-refractivity contribution in [1.29, 1.82) is 0 Å². The summed E-state index contributed by atoms with van der Waals surface area (Å²) in [5, 5.41) is 28.1. The number of benzene rings is 6. The zero-order valence-electron chi connectivity index (χ0n) is 82.8. The summed E-state index contributed by atoms with van der Waals surface area (Å²) >= 11 is 0. The minimum absolute atomic E-state index is 0.0188. The monoisotopic (exact) mass is 1860 g/mol. The quantitative estimate of drug-likeness (QED) is 0.0330. The first kappa shape index (κ1) is 97.8. The van der Waals surface area contributed by atoms with Gasteiger partial charge in [-0.2, -0.15) is 13.2 Å². The number of aromatic nitrogens is 12. The van der Waals surface area contributed by atoms with Crippen molar-refractivity contribution >= 4 is 131 Å². The molecule has 0 saturated heterocycles. The van der Waals surface area contributed by atoms with E-state index in [1.165, 1.54) is 110 Å². The summed E-state index contributed by atoms with van der Waals surface area (Å²) < 4.78 is 66.0. The summed E-state index contributed by atoms with van der Waals surface area (Å²) in [5.41, 5.74) is 16.3. The molecule has 12 aromatic rings. The van der Waals surface area contributed by atoms with E-state index in [0.717, 1.165) is 138 Å². The normalized spacial score (nSPS) is 20.5. The molecule has 3 atom stereocenters. The second kappa shape index (κ2) is 38.6. The molecule has 0 bridgehead atoms. The first-order valence-electron chi connectivity index (χ1n) is 49.6. The Labute approximate surface area is 796 Å². The molecule has 726 valence electrons. The number of allylic oxidation sites excluding steroid dienone is 1. The van der Waals surface area contributed by atoms with E-state index in [2.05, 4.69) is 230 Å². The Kier molecular flexibility index (Phi) is 27.7. The SMILES string of the molecule is C=C(Nc1nc2ccc(C)cc2n1C1CCC1)[C@H]1CC1(C)C.Cc1ccc2nc(NC(=O)C(C)(C)C(F)(F)F)n(C3CCC3)c2c1.Cc1ccc2nc(NC(=O)C3CC(C)(F)C3)n(C3CCC3)c2c1.Cc1ccc2nc(NC(=O)CC(C)(C)C)n(C3CCC3)c2c1.Cc1ccc2nc(NC(=O)CC(C)C)n(C3CCC3)c2c1.Cc1ccc2nc(NC(=O)[C@H]3C[C@@H]3C(C)(C)O)n(C3CCC3)c2c1. The maximum absolute atomic E-state index is 13.6. The second-order valence-electron chi connectivity index (χ2n) is 44.3. The number of aliphatic hydroxyl groups is 1. The average molecular weight is 1860 g/mol. The van der Waals surface area contributed by atoms with Crippen LogP contribution in [0.25, 0.3) is 66.2 Å². The van der Waals surface area contributed by atoms with Crippen molar-refractivity contribution < 1.29 is 46.6 Å². The van der Waals surface area contributed by atoms with Gasteiger partial charge in [0.1, 0.15) is 11.1 Å². The summed E-state index contributed by atoms with van der Waals surface area (Å²) in [6.45, 7) is 38.5. The highest BCUT2D eigenvalue weighted by molar-refractivity contribution is 5.98. The van der Waals surface area contributed by atoms with Gasteiger partial charge in [0, 0.05) is 72.5 Å².